The summed E-state index contributed by atoms with van der Waals surface area (Å²) in [7, 11) is 0. The van der Waals surface area contributed by atoms with E-state index < -0.39 is 0 Å². The van der Waals surface area contributed by atoms with Crippen molar-refractivity contribution in [1.29, 1.82) is 0 Å². The first-order valence-corrected chi connectivity index (χ1v) is 7.61. The quantitative estimate of drug-likeness (QED) is 0.775. The van der Waals surface area contributed by atoms with Crippen molar-refractivity contribution < 1.29 is 14.3 Å². The van der Waals surface area contributed by atoms with Gasteiger partial charge in [0.05, 0.1) is 12.7 Å². The number of carbonyl (C=O) groups excluding carboxylic acids is 1. The van der Waals surface area contributed by atoms with Gasteiger partial charge in [-0.15, -0.1) is 0 Å². The molecule has 0 aliphatic carbocycles. The zero-order chi connectivity index (χ0) is 13.2. The molecule has 2 aliphatic heterocycles. The van der Waals surface area contributed by atoms with Crippen LogP contribution in [0.2, 0.25) is 0 Å². The van der Waals surface area contributed by atoms with Crippen LogP contribution in [-0.4, -0.2) is 48.0 Å². The third-order valence-corrected chi connectivity index (χ3v) is 4.27. The van der Waals surface area contributed by atoms with Crippen LogP contribution in [0, 0.1) is 0 Å². The number of benzene rings is 1. The molecule has 1 aromatic rings. The van der Waals surface area contributed by atoms with E-state index in [2.05, 4.69) is 15.9 Å². The maximum atomic E-state index is 12.5. The van der Waals surface area contributed by atoms with Crippen LogP contribution in [0.25, 0.3) is 0 Å². The normalized spacial score (nSPS) is 25.8. The summed E-state index contributed by atoms with van der Waals surface area (Å²) in [6, 6.07) is 7.85. The van der Waals surface area contributed by atoms with Crippen molar-refractivity contribution in [3.8, 4) is 5.75 Å². The van der Waals surface area contributed by atoms with Crippen molar-refractivity contribution in [2.45, 2.75) is 18.6 Å². The molecule has 0 spiro atoms. The molecule has 1 saturated heterocycles. The van der Waals surface area contributed by atoms with Gasteiger partial charge in [0.15, 0.2) is 6.10 Å². The maximum absolute atomic E-state index is 12.5. The second kappa shape index (κ2) is 5.51. The monoisotopic (exact) mass is 325 g/mol. The molecule has 1 fully saturated rings. The highest BCUT2D eigenvalue weighted by Gasteiger charge is 2.34. The van der Waals surface area contributed by atoms with E-state index >= 15 is 0 Å². The van der Waals surface area contributed by atoms with Crippen molar-refractivity contribution in [2.75, 3.05) is 25.0 Å². The number of fused-ring (bicyclic) bond motifs is 1. The number of nitrogens with zero attached hydrogens (tertiary/aromatic N) is 1. The van der Waals surface area contributed by atoms with Crippen LogP contribution < -0.4 is 4.74 Å². The minimum Gasteiger partial charge on any atom is -0.480 e. The van der Waals surface area contributed by atoms with Crippen molar-refractivity contribution >= 4 is 21.8 Å². The fourth-order valence-electron chi connectivity index (χ4n) is 2.54. The van der Waals surface area contributed by atoms with E-state index in [0.29, 0.717) is 26.1 Å². The van der Waals surface area contributed by atoms with E-state index in [0.717, 1.165) is 16.6 Å². The Morgan fingerprint density at radius 3 is 3.05 bits per heavy atom. The van der Waals surface area contributed by atoms with Gasteiger partial charge in [-0.3, -0.25) is 4.79 Å². The largest absolute Gasteiger partial charge is 0.480 e. The lowest BCUT2D eigenvalue weighted by Crippen LogP contribution is -2.50. The van der Waals surface area contributed by atoms with E-state index in [9.17, 15) is 4.79 Å². The Balaban J connectivity index is 1.66. The van der Waals surface area contributed by atoms with E-state index in [-0.39, 0.29) is 18.1 Å². The Kier molecular flexibility index (Phi) is 3.75. The minimum absolute atomic E-state index is 0.0745. The Labute approximate surface area is 120 Å². The molecule has 0 aromatic heterocycles. The van der Waals surface area contributed by atoms with Gasteiger partial charge >= 0.3 is 0 Å². The van der Waals surface area contributed by atoms with Crippen molar-refractivity contribution in [2.24, 2.45) is 0 Å². The molecule has 5 heteroatoms. The lowest BCUT2D eigenvalue weighted by Gasteiger charge is -2.33. The van der Waals surface area contributed by atoms with Crippen LogP contribution in [0.15, 0.2) is 24.3 Å². The molecule has 0 bridgehead atoms. The SMILES string of the molecule is O=C(C1Cc2ccccc2O1)N1CCOC(CBr)C1. The smallest absolute Gasteiger partial charge is 0.264 e. The van der Waals surface area contributed by atoms with Gasteiger partial charge in [-0.05, 0) is 11.6 Å². The summed E-state index contributed by atoms with van der Waals surface area (Å²) in [5.74, 6) is 0.914. The number of ether oxygens (including phenoxy) is 2. The average molecular weight is 326 g/mol. The standard InChI is InChI=1S/C14H16BrNO3/c15-8-11-9-16(5-6-18-11)14(17)13-7-10-3-1-2-4-12(10)19-13/h1-4,11,13H,5-9H2. The van der Waals surface area contributed by atoms with Gasteiger partial charge in [0.1, 0.15) is 5.75 Å². The first-order valence-electron chi connectivity index (χ1n) is 6.49. The zero-order valence-corrected chi connectivity index (χ0v) is 12.1. The molecule has 2 atom stereocenters. The summed E-state index contributed by atoms with van der Waals surface area (Å²) >= 11 is 3.40. The molecule has 19 heavy (non-hydrogen) atoms. The van der Waals surface area contributed by atoms with Crippen LogP contribution in [-0.2, 0) is 16.0 Å². The predicted molar refractivity (Wildman–Crippen MR) is 74.7 cm³/mol. The highest BCUT2D eigenvalue weighted by molar-refractivity contribution is 9.09. The summed E-state index contributed by atoms with van der Waals surface area (Å²) in [5.41, 5.74) is 1.12. The van der Waals surface area contributed by atoms with Gasteiger partial charge in [0.2, 0.25) is 0 Å². The summed E-state index contributed by atoms with van der Waals surface area (Å²) in [5, 5.41) is 0.753. The molecule has 2 aliphatic rings. The Bertz CT molecular complexity index is 455. The molecule has 102 valence electrons. The van der Waals surface area contributed by atoms with Crippen LogP contribution >= 0.6 is 15.9 Å². The van der Waals surface area contributed by atoms with Crippen molar-refractivity contribution in [1.82, 2.24) is 4.90 Å². The molecule has 0 N–H and O–H groups in total. The molecule has 1 amide bonds. The molecular weight excluding hydrogens is 310 g/mol. The summed E-state index contributed by atoms with van der Waals surface area (Å²) < 4.78 is 11.3. The number of amides is 1. The predicted octanol–water partition coefficient (Wildman–Crippen LogP) is 1.61. The lowest BCUT2D eigenvalue weighted by atomic mass is 10.1. The fourth-order valence-corrected chi connectivity index (χ4v) is 2.93. The molecule has 0 saturated carbocycles. The first kappa shape index (κ1) is 12.9. The number of hydrogen-bond donors (Lipinski definition) is 0. The van der Waals surface area contributed by atoms with Gasteiger partial charge in [-0.1, -0.05) is 34.1 Å². The third kappa shape index (κ3) is 2.62. The van der Waals surface area contributed by atoms with Gasteiger partial charge in [-0.25, -0.2) is 0 Å². The molecule has 0 radical (unpaired) electrons. The Hall–Kier alpha value is -1.07. The summed E-state index contributed by atoms with van der Waals surface area (Å²) in [4.78, 5) is 14.3. The molecule has 1 aromatic carbocycles. The molecule has 4 nitrogen and oxygen atoms in total. The van der Waals surface area contributed by atoms with Crippen molar-refractivity contribution in [3.63, 3.8) is 0 Å². The number of morpholine rings is 1. The van der Waals surface area contributed by atoms with Crippen LogP contribution in [0.1, 0.15) is 5.56 Å². The zero-order valence-electron chi connectivity index (χ0n) is 10.5. The summed E-state index contributed by atoms with van der Waals surface area (Å²) in [6.07, 6.45) is 0.388. The second-order valence-electron chi connectivity index (χ2n) is 4.85. The van der Waals surface area contributed by atoms with Gasteiger partial charge in [0, 0.05) is 24.8 Å². The molecular formula is C14H16BrNO3. The highest BCUT2D eigenvalue weighted by Crippen LogP contribution is 2.29. The number of hydrogen-bond acceptors (Lipinski definition) is 3. The average Bonchev–Trinajstić information content (AvgIpc) is 2.90. The Morgan fingerprint density at radius 1 is 1.42 bits per heavy atom. The van der Waals surface area contributed by atoms with E-state index in [1.54, 1.807) is 0 Å². The van der Waals surface area contributed by atoms with Gasteiger partial charge < -0.3 is 14.4 Å². The number of alkyl halides is 1. The molecule has 2 heterocycles. The van der Waals surface area contributed by atoms with Gasteiger partial charge in [0.25, 0.3) is 5.91 Å². The Morgan fingerprint density at radius 2 is 2.26 bits per heavy atom. The molecule has 3 rings (SSSR count). The maximum Gasteiger partial charge on any atom is 0.264 e. The van der Waals surface area contributed by atoms with Crippen LogP contribution in [0.3, 0.4) is 0 Å². The van der Waals surface area contributed by atoms with E-state index in [4.69, 9.17) is 9.47 Å². The minimum atomic E-state index is -0.369. The summed E-state index contributed by atoms with van der Waals surface area (Å²) in [6.45, 7) is 1.89. The highest BCUT2D eigenvalue weighted by atomic mass is 79.9. The van der Waals surface area contributed by atoms with Crippen LogP contribution in [0.4, 0.5) is 0 Å². The number of rotatable bonds is 2. The number of halogens is 1. The van der Waals surface area contributed by atoms with Crippen LogP contribution in [0.5, 0.6) is 5.75 Å². The first-order chi connectivity index (χ1) is 9.28. The number of carbonyl (C=O) groups is 1. The fraction of sp³-hybridized carbons (Fsp3) is 0.500. The van der Waals surface area contributed by atoms with Crippen molar-refractivity contribution in [3.05, 3.63) is 29.8 Å². The lowest BCUT2D eigenvalue weighted by molar-refractivity contribution is -0.144. The van der Waals surface area contributed by atoms with E-state index in [1.165, 1.54) is 0 Å². The van der Waals surface area contributed by atoms with Gasteiger partial charge in [-0.2, -0.15) is 0 Å². The second-order valence-corrected chi connectivity index (χ2v) is 5.50. The molecule has 2 unspecified atom stereocenters. The third-order valence-electron chi connectivity index (χ3n) is 3.55. The van der Waals surface area contributed by atoms with E-state index in [1.807, 2.05) is 29.2 Å². The number of para-hydroxylation sites is 1. The topological polar surface area (TPSA) is 38.8 Å².